The summed E-state index contributed by atoms with van der Waals surface area (Å²) in [6.07, 6.45) is 16.1. The van der Waals surface area contributed by atoms with E-state index in [4.69, 9.17) is 0 Å². The number of carbonyl (C=O) groups excluding carboxylic acids is 2. The van der Waals surface area contributed by atoms with Crippen molar-refractivity contribution in [1.82, 2.24) is 0 Å². The Morgan fingerprint density at radius 1 is 1.25 bits per heavy atom. The second-order valence-electron chi connectivity index (χ2n) is 9.67. The Morgan fingerprint density at radius 2 is 2.00 bits per heavy atom. The lowest BCUT2D eigenvalue weighted by molar-refractivity contribution is -0.140. The van der Waals surface area contributed by atoms with Gasteiger partial charge in [-0.05, 0) is 43.4 Å². The van der Waals surface area contributed by atoms with E-state index in [1.165, 1.54) is 13.5 Å². The van der Waals surface area contributed by atoms with Gasteiger partial charge in [0.25, 0.3) is 0 Å². The van der Waals surface area contributed by atoms with Crippen LogP contribution in [-0.2, 0) is 14.3 Å². The van der Waals surface area contributed by atoms with Crippen molar-refractivity contribution < 1.29 is 24.5 Å². The van der Waals surface area contributed by atoms with E-state index < -0.39 is 6.10 Å². The molecule has 184 valence electrons. The maximum atomic E-state index is 12.8. The molecule has 0 aromatic heterocycles. The van der Waals surface area contributed by atoms with E-state index in [-0.39, 0.29) is 35.1 Å². The summed E-state index contributed by atoms with van der Waals surface area (Å²) < 4.78 is 4.68. The van der Waals surface area contributed by atoms with E-state index >= 15 is 0 Å². The molecule has 2 aliphatic carbocycles. The molecule has 0 aliphatic heterocycles. The molecule has 2 N–H and O–H groups in total. The zero-order valence-electron chi connectivity index (χ0n) is 20.1. The molecular formula is C26H44O5S. The Hall–Kier alpha value is -0.850. The van der Waals surface area contributed by atoms with Gasteiger partial charge in [-0.2, -0.15) is 11.8 Å². The van der Waals surface area contributed by atoms with E-state index in [9.17, 15) is 19.8 Å². The summed E-state index contributed by atoms with van der Waals surface area (Å²) in [4.78, 5) is 24.1. The molecule has 0 saturated heterocycles. The highest BCUT2D eigenvalue weighted by molar-refractivity contribution is 8.00. The number of methoxy groups -OCH3 is 1. The molecule has 6 heteroatoms. The summed E-state index contributed by atoms with van der Waals surface area (Å²) in [5.74, 6) is 0.941. The van der Waals surface area contributed by atoms with Crippen LogP contribution in [0.4, 0.5) is 0 Å². The molecule has 0 spiro atoms. The average Bonchev–Trinajstić information content (AvgIpc) is 3.06. The van der Waals surface area contributed by atoms with Crippen LogP contribution in [-0.4, -0.2) is 52.8 Å². The number of carbonyl (C=O) groups is 2. The van der Waals surface area contributed by atoms with E-state index in [1.54, 1.807) is 11.8 Å². The largest absolute Gasteiger partial charge is 0.469 e. The van der Waals surface area contributed by atoms with Gasteiger partial charge in [0.05, 0.1) is 19.8 Å². The molecule has 0 aromatic carbocycles. The maximum absolute atomic E-state index is 12.8. The summed E-state index contributed by atoms with van der Waals surface area (Å²) in [7, 11) is 1.42. The highest BCUT2D eigenvalue weighted by Crippen LogP contribution is 2.49. The minimum Gasteiger partial charge on any atom is -0.469 e. The molecule has 4 atom stereocenters. The lowest BCUT2D eigenvalue weighted by atomic mass is 9.62. The van der Waals surface area contributed by atoms with Crippen molar-refractivity contribution in [3.05, 3.63) is 12.2 Å². The highest BCUT2D eigenvalue weighted by atomic mass is 32.2. The smallest absolute Gasteiger partial charge is 0.305 e. The fourth-order valence-electron chi connectivity index (χ4n) is 5.33. The van der Waals surface area contributed by atoms with Crippen LogP contribution in [0.5, 0.6) is 0 Å². The molecule has 1 unspecified atom stereocenters. The third kappa shape index (κ3) is 7.88. The Morgan fingerprint density at radius 3 is 2.62 bits per heavy atom. The van der Waals surface area contributed by atoms with Crippen molar-refractivity contribution in [2.75, 3.05) is 19.5 Å². The molecule has 32 heavy (non-hydrogen) atoms. The minimum atomic E-state index is -0.430. The lowest BCUT2D eigenvalue weighted by Gasteiger charge is -2.45. The molecule has 5 nitrogen and oxygen atoms in total. The van der Waals surface area contributed by atoms with E-state index in [0.717, 1.165) is 64.2 Å². The van der Waals surface area contributed by atoms with Crippen molar-refractivity contribution in [2.24, 2.45) is 17.3 Å². The molecule has 2 saturated carbocycles. The molecule has 0 amide bonds. The zero-order valence-corrected chi connectivity index (χ0v) is 20.9. The lowest BCUT2D eigenvalue weighted by Crippen LogP contribution is -2.40. The number of unbranched alkanes of at least 4 members (excludes halogenated alkanes) is 4. The number of esters is 1. The Balaban J connectivity index is 1.94. The topological polar surface area (TPSA) is 83.8 Å². The van der Waals surface area contributed by atoms with Gasteiger partial charge in [0.2, 0.25) is 0 Å². The van der Waals surface area contributed by atoms with Gasteiger partial charge in [-0.3, -0.25) is 9.59 Å². The first-order valence-electron chi connectivity index (χ1n) is 12.7. The number of aliphatic hydroxyl groups is 2. The minimum absolute atomic E-state index is 0.00299. The van der Waals surface area contributed by atoms with Gasteiger partial charge in [-0.15, -0.1) is 0 Å². The Bertz CT molecular complexity index is 601. The first-order valence-corrected chi connectivity index (χ1v) is 13.7. The standard InChI is InChI=1S/C26H44O5S/c1-3-4-14-26(15-9-16-26)24(29)13-12-21-20(22(28)19-23(21)32-18-17-27)10-7-5-6-8-11-25(30)31-2/h12-13,20-21,23-24,27,29H,3-11,14-19H2,1-2H3/b13-12+/t20-,21-,23?,24-/m1/s1. The van der Waals surface area contributed by atoms with Crippen LogP contribution in [0.25, 0.3) is 0 Å². The summed E-state index contributed by atoms with van der Waals surface area (Å²) in [6, 6.07) is 0. The normalized spacial score (nSPS) is 25.8. The summed E-state index contributed by atoms with van der Waals surface area (Å²) in [5, 5.41) is 20.5. The number of aliphatic hydroxyl groups excluding tert-OH is 2. The first-order chi connectivity index (χ1) is 15.5. The Labute approximate surface area is 198 Å². The molecule has 0 bridgehead atoms. The van der Waals surface area contributed by atoms with Crippen molar-refractivity contribution in [3.63, 3.8) is 0 Å². The van der Waals surface area contributed by atoms with Crippen molar-refractivity contribution in [1.29, 1.82) is 0 Å². The van der Waals surface area contributed by atoms with Gasteiger partial charge in [0.1, 0.15) is 5.78 Å². The van der Waals surface area contributed by atoms with Gasteiger partial charge in [0.15, 0.2) is 0 Å². The predicted molar refractivity (Wildman–Crippen MR) is 131 cm³/mol. The zero-order chi connectivity index (χ0) is 23.4. The summed E-state index contributed by atoms with van der Waals surface area (Å²) >= 11 is 1.69. The number of rotatable bonds is 16. The fourth-order valence-corrected chi connectivity index (χ4v) is 6.52. The van der Waals surface area contributed by atoms with E-state index in [2.05, 4.69) is 17.7 Å². The second-order valence-corrected chi connectivity index (χ2v) is 11.0. The number of Topliss-reactive ketones (excluding diaryl/α,β-unsaturated/α-hetero) is 1. The average molecular weight is 469 g/mol. The molecule has 0 radical (unpaired) electrons. The SMILES string of the molecule is CCCCC1([C@H](O)/C=C/[C@H]2C(SCCO)CC(=O)[C@@H]2CCCCCCC(=O)OC)CCC1. The number of ether oxygens (including phenoxy) is 1. The third-order valence-corrected chi connectivity index (χ3v) is 8.85. The van der Waals surface area contributed by atoms with Crippen LogP contribution in [0.1, 0.15) is 90.4 Å². The number of thioether (sulfide) groups is 1. The van der Waals surface area contributed by atoms with Crippen molar-refractivity contribution >= 4 is 23.5 Å². The molecule has 0 heterocycles. The number of hydrogen-bond acceptors (Lipinski definition) is 6. The van der Waals surface area contributed by atoms with Crippen LogP contribution >= 0.6 is 11.8 Å². The molecule has 0 aromatic rings. The maximum Gasteiger partial charge on any atom is 0.305 e. The van der Waals surface area contributed by atoms with Gasteiger partial charge in [0, 0.05) is 29.8 Å². The fraction of sp³-hybridized carbons (Fsp3) is 0.846. The van der Waals surface area contributed by atoms with Crippen LogP contribution in [0.15, 0.2) is 12.2 Å². The van der Waals surface area contributed by atoms with Crippen LogP contribution < -0.4 is 0 Å². The monoisotopic (exact) mass is 468 g/mol. The first kappa shape index (κ1) is 27.4. The summed E-state index contributed by atoms with van der Waals surface area (Å²) in [6.45, 7) is 2.32. The molecular weight excluding hydrogens is 424 g/mol. The van der Waals surface area contributed by atoms with Crippen molar-refractivity contribution in [2.45, 2.75) is 102 Å². The van der Waals surface area contributed by atoms with E-state index in [0.29, 0.717) is 24.4 Å². The Kier molecular flexibility index (Phi) is 12.3. The summed E-state index contributed by atoms with van der Waals surface area (Å²) in [5.41, 5.74) is 0.0397. The number of allylic oxidation sites excluding steroid dienone is 1. The van der Waals surface area contributed by atoms with Gasteiger partial charge >= 0.3 is 5.97 Å². The van der Waals surface area contributed by atoms with Gasteiger partial charge in [-0.1, -0.05) is 57.6 Å². The second kappa shape index (κ2) is 14.4. The van der Waals surface area contributed by atoms with Crippen LogP contribution in [0, 0.1) is 17.3 Å². The quantitative estimate of drug-likeness (QED) is 0.187. The van der Waals surface area contributed by atoms with Crippen LogP contribution in [0.2, 0.25) is 0 Å². The third-order valence-electron chi connectivity index (χ3n) is 7.53. The number of hydrogen-bond donors (Lipinski definition) is 2. The van der Waals surface area contributed by atoms with Crippen LogP contribution in [0.3, 0.4) is 0 Å². The van der Waals surface area contributed by atoms with Crippen molar-refractivity contribution in [3.8, 4) is 0 Å². The molecule has 2 aliphatic rings. The molecule has 2 fully saturated rings. The highest BCUT2D eigenvalue weighted by Gasteiger charge is 2.43. The predicted octanol–water partition coefficient (Wildman–Crippen LogP) is 5.08. The van der Waals surface area contributed by atoms with E-state index in [1.807, 2.05) is 6.08 Å². The number of ketones is 1. The van der Waals surface area contributed by atoms with Gasteiger partial charge < -0.3 is 14.9 Å². The molecule has 2 rings (SSSR count). The van der Waals surface area contributed by atoms with Gasteiger partial charge in [-0.25, -0.2) is 0 Å².